The van der Waals surface area contributed by atoms with E-state index in [1.807, 2.05) is 30.3 Å². The second kappa shape index (κ2) is 10.1. The molecule has 2 rings (SSSR count). The summed E-state index contributed by atoms with van der Waals surface area (Å²) in [6.07, 6.45) is 4.57. The van der Waals surface area contributed by atoms with Crippen molar-refractivity contribution in [3.63, 3.8) is 0 Å². The molecule has 0 aliphatic carbocycles. The molecule has 0 saturated carbocycles. The summed E-state index contributed by atoms with van der Waals surface area (Å²) in [7, 11) is 0. The number of nitrogens with two attached hydrogens (primary N) is 1. The van der Waals surface area contributed by atoms with Gasteiger partial charge in [0.2, 0.25) is 17.7 Å². The van der Waals surface area contributed by atoms with E-state index in [4.69, 9.17) is 10.2 Å². The van der Waals surface area contributed by atoms with Crippen LogP contribution in [0.25, 0.3) is 6.08 Å². The van der Waals surface area contributed by atoms with E-state index in [0.29, 0.717) is 5.76 Å². The lowest BCUT2D eigenvalue weighted by atomic mass is 10.0. The minimum atomic E-state index is -0.864. The Bertz CT molecular complexity index is 813. The molecule has 1 aromatic heterocycles. The standard InChI is InChI=1S/C21H25N3O4/c1-14(2)19(20(22)26)24-21(27)17(13-15-7-4-3-5-8-15)23-18(25)11-10-16-9-6-12-28-16/h3-12,14,17,19H,13H2,1-2H3,(H2,22,26)(H,23,25)(H,24,27)/b11-10+. The Balaban J connectivity index is 2.12. The number of benzene rings is 1. The van der Waals surface area contributed by atoms with Gasteiger partial charge in [0.05, 0.1) is 6.26 Å². The number of primary amides is 1. The molecule has 2 aromatic rings. The monoisotopic (exact) mass is 383 g/mol. The highest BCUT2D eigenvalue weighted by molar-refractivity contribution is 5.96. The highest BCUT2D eigenvalue weighted by Crippen LogP contribution is 2.07. The summed E-state index contributed by atoms with van der Waals surface area (Å²) in [5.74, 6) is -1.19. The first-order valence-corrected chi connectivity index (χ1v) is 9.02. The lowest BCUT2D eigenvalue weighted by Crippen LogP contribution is -2.55. The van der Waals surface area contributed by atoms with Gasteiger partial charge in [0.1, 0.15) is 17.8 Å². The second-order valence-corrected chi connectivity index (χ2v) is 6.73. The van der Waals surface area contributed by atoms with Crippen LogP contribution in [0.3, 0.4) is 0 Å². The molecule has 0 spiro atoms. The molecule has 0 fully saturated rings. The highest BCUT2D eigenvalue weighted by Gasteiger charge is 2.27. The number of nitrogens with one attached hydrogen (secondary N) is 2. The van der Waals surface area contributed by atoms with E-state index in [1.165, 1.54) is 18.4 Å². The van der Waals surface area contributed by atoms with Crippen molar-refractivity contribution >= 4 is 23.8 Å². The van der Waals surface area contributed by atoms with Crippen LogP contribution in [0.2, 0.25) is 0 Å². The van der Waals surface area contributed by atoms with Gasteiger partial charge < -0.3 is 20.8 Å². The van der Waals surface area contributed by atoms with Crippen molar-refractivity contribution < 1.29 is 18.8 Å². The number of carbonyl (C=O) groups is 3. The highest BCUT2D eigenvalue weighted by atomic mass is 16.3. The summed E-state index contributed by atoms with van der Waals surface area (Å²) in [6.45, 7) is 3.57. The Morgan fingerprint density at radius 2 is 1.79 bits per heavy atom. The van der Waals surface area contributed by atoms with Crippen molar-refractivity contribution in [1.29, 1.82) is 0 Å². The predicted molar refractivity (Wildman–Crippen MR) is 106 cm³/mol. The first-order chi connectivity index (χ1) is 13.4. The van der Waals surface area contributed by atoms with Gasteiger partial charge >= 0.3 is 0 Å². The Kier molecular flexibility index (Phi) is 7.56. The van der Waals surface area contributed by atoms with E-state index in [1.54, 1.807) is 26.0 Å². The summed E-state index contributed by atoms with van der Waals surface area (Å²) in [5.41, 5.74) is 6.25. The average Bonchev–Trinajstić information content (AvgIpc) is 3.17. The number of hydrogen-bond acceptors (Lipinski definition) is 4. The largest absolute Gasteiger partial charge is 0.465 e. The summed E-state index contributed by atoms with van der Waals surface area (Å²) in [5, 5.41) is 5.32. The summed E-state index contributed by atoms with van der Waals surface area (Å²) in [4.78, 5) is 36.7. The zero-order valence-corrected chi connectivity index (χ0v) is 15.9. The van der Waals surface area contributed by atoms with Crippen LogP contribution in [-0.4, -0.2) is 29.8 Å². The van der Waals surface area contributed by atoms with Crippen molar-refractivity contribution in [3.8, 4) is 0 Å². The summed E-state index contributed by atoms with van der Waals surface area (Å²) >= 11 is 0. The van der Waals surface area contributed by atoms with Gasteiger partial charge in [0.25, 0.3) is 0 Å². The minimum Gasteiger partial charge on any atom is -0.465 e. The topological polar surface area (TPSA) is 114 Å². The zero-order chi connectivity index (χ0) is 20.5. The molecule has 2 atom stereocenters. The van der Waals surface area contributed by atoms with E-state index >= 15 is 0 Å². The van der Waals surface area contributed by atoms with Crippen LogP contribution in [0.1, 0.15) is 25.2 Å². The molecule has 7 nitrogen and oxygen atoms in total. The van der Waals surface area contributed by atoms with Gasteiger partial charge in [-0.2, -0.15) is 0 Å². The van der Waals surface area contributed by atoms with Crippen molar-refractivity contribution in [1.82, 2.24) is 10.6 Å². The molecular formula is C21H25N3O4. The zero-order valence-electron chi connectivity index (χ0n) is 15.9. The third kappa shape index (κ3) is 6.42. The van der Waals surface area contributed by atoms with Crippen LogP contribution in [-0.2, 0) is 20.8 Å². The fraction of sp³-hybridized carbons (Fsp3) is 0.286. The average molecular weight is 383 g/mol. The number of hydrogen-bond donors (Lipinski definition) is 3. The number of rotatable bonds is 9. The van der Waals surface area contributed by atoms with Crippen molar-refractivity contribution in [2.24, 2.45) is 11.7 Å². The number of amides is 3. The maximum Gasteiger partial charge on any atom is 0.244 e. The molecular weight excluding hydrogens is 358 g/mol. The van der Waals surface area contributed by atoms with Gasteiger partial charge in [-0.25, -0.2) is 0 Å². The molecule has 0 bridgehead atoms. The van der Waals surface area contributed by atoms with Gasteiger partial charge in [-0.05, 0) is 29.7 Å². The molecule has 0 radical (unpaired) electrons. The van der Waals surface area contributed by atoms with E-state index in [0.717, 1.165) is 5.56 Å². The molecule has 7 heteroatoms. The van der Waals surface area contributed by atoms with Crippen LogP contribution >= 0.6 is 0 Å². The van der Waals surface area contributed by atoms with Crippen molar-refractivity contribution in [2.75, 3.05) is 0 Å². The van der Waals surface area contributed by atoms with Crippen LogP contribution in [0.15, 0.2) is 59.2 Å². The summed E-state index contributed by atoms with van der Waals surface area (Å²) < 4.78 is 5.14. The lowest BCUT2D eigenvalue weighted by molar-refractivity contribution is -0.131. The third-order valence-electron chi connectivity index (χ3n) is 4.13. The Morgan fingerprint density at radius 3 is 2.36 bits per heavy atom. The Labute approximate surface area is 164 Å². The maximum atomic E-state index is 12.8. The molecule has 0 aliphatic rings. The van der Waals surface area contributed by atoms with Crippen LogP contribution in [0, 0.1) is 5.92 Å². The molecule has 148 valence electrons. The molecule has 3 amide bonds. The molecule has 0 saturated heterocycles. The van der Waals surface area contributed by atoms with Crippen molar-refractivity contribution in [2.45, 2.75) is 32.4 Å². The molecule has 1 aromatic carbocycles. The maximum absolute atomic E-state index is 12.8. The summed E-state index contributed by atoms with van der Waals surface area (Å²) in [6, 6.07) is 11.0. The molecule has 0 aliphatic heterocycles. The van der Waals surface area contributed by atoms with E-state index in [2.05, 4.69) is 10.6 Å². The van der Waals surface area contributed by atoms with Crippen LogP contribution in [0.5, 0.6) is 0 Å². The second-order valence-electron chi connectivity index (χ2n) is 6.73. The van der Waals surface area contributed by atoms with Crippen LogP contribution in [0.4, 0.5) is 0 Å². The Morgan fingerprint density at radius 1 is 1.07 bits per heavy atom. The molecule has 28 heavy (non-hydrogen) atoms. The smallest absolute Gasteiger partial charge is 0.244 e. The normalized spacial score (nSPS) is 13.2. The number of carbonyl (C=O) groups excluding carboxylic acids is 3. The predicted octanol–water partition coefficient (Wildman–Crippen LogP) is 1.65. The van der Waals surface area contributed by atoms with Gasteiger partial charge in [0.15, 0.2) is 0 Å². The van der Waals surface area contributed by atoms with Gasteiger partial charge in [-0.15, -0.1) is 0 Å². The number of furan rings is 1. The first-order valence-electron chi connectivity index (χ1n) is 9.02. The van der Waals surface area contributed by atoms with E-state index in [-0.39, 0.29) is 12.3 Å². The van der Waals surface area contributed by atoms with Gasteiger partial charge in [-0.1, -0.05) is 44.2 Å². The first kappa shape index (κ1) is 21.0. The molecule has 1 heterocycles. The fourth-order valence-corrected chi connectivity index (χ4v) is 2.64. The quantitative estimate of drug-likeness (QED) is 0.571. The Hall–Kier alpha value is -3.35. The molecule has 2 unspecified atom stereocenters. The third-order valence-corrected chi connectivity index (χ3v) is 4.13. The van der Waals surface area contributed by atoms with Gasteiger partial charge in [-0.3, -0.25) is 14.4 Å². The van der Waals surface area contributed by atoms with Crippen molar-refractivity contribution in [3.05, 3.63) is 66.1 Å². The SMILES string of the molecule is CC(C)C(NC(=O)C(Cc1ccccc1)NC(=O)/C=C/c1ccco1)C(N)=O. The lowest BCUT2D eigenvalue weighted by Gasteiger charge is -2.23. The van der Waals surface area contributed by atoms with E-state index in [9.17, 15) is 14.4 Å². The van der Waals surface area contributed by atoms with E-state index < -0.39 is 29.8 Å². The fourth-order valence-electron chi connectivity index (χ4n) is 2.64. The van der Waals surface area contributed by atoms with Gasteiger partial charge in [0, 0.05) is 12.5 Å². The molecule has 4 N–H and O–H groups in total. The minimum absolute atomic E-state index is 0.173. The van der Waals surface area contributed by atoms with Crippen LogP contribution < -0.4 is 16.4 Å².